The quantitative estimate of drug-likeness (QED) is 0.236. The van der Waals surface area contributed by atoms with Gasteiger partial charge in [-0.05, 0) is 0 Å². The lowest BCUT2D eigenvalue weighted by molar-refractivity contribution is -0.385. The van der Waals surface area contributed by atoms with E-state index in [9.17, 15) is 19.7 Å². The zero-order valence-electron chi connectivity index (χ0n) is 11.7. The second kappa shape index (κ2) is 7.83. The summed E-state index contributed by atoms with van der Waals surface area (Å²) >= 11 is 0. The van der Waals surface area contributed by atoms with Crippen molar-refractivity contribution in [2.75, 3.05) is 20.3 Å². The van der Waals surface area contributed by atoms with Crippen molar-refractivity contribution in [3.05, 3.63) is 27.8 Å². The molecule has 0 unspecified atom stereocenters. The number of nitrogens with zero attached hydrogens (tertiary/aromatic N) is 1. The van der Waals surface area contributed by atoms with E-state index in [1.807, 2.05) is 0 Å². The van der Waals surface area contributed by atoms with Gasteiger partial charge in [0.25, 0.3) is 5.69 Å². The van der Waals surface area contributed by atoms with Crippen molar-refractivity contribution >= 4 is 17.9 Å². The molecule has 0 heterocycles. The molecule has 0 radical (unpaired) electrons. The zero-order chi connectivity index (χ0) is 15.8. The number of esters is 1. The average Bonchev–Trinajstić information content (AvgIpc) is 2.45. The van der Waals surface area contributed by atoms with Gasteiger partial charge in [0.2, 0.25) is 0 Å². The zero-order valence-corrected chi connectivity index (χ0v) is 11.7. The minimum absolute atomic E-state index is 0.0934. The summed E-state index contributed by atoms with van der Waals surface area (Å²) in [5, 5.41) is 10.9. The van der Waals surface area contributed by atoms with E-state index in [2.05, 4.69) is 0 Å². The van der Waals surface area contributed by atoms with Gasteiger partial charge in [-0.15, -0.1) is 0 Å². The molecule has 0 aliphatic carbocycles. The highest BCUT2D eigenvalue weighted by Crippen LogP contribution is 2.34. The number of carbonyl (C=O) groups is 2. The Bertz CT molecular complexity index is 542. The number of hydrogen-bond acceptors (Lipinski definition) is 7. The lowest BCUT2D eigenvalue weighted by atomic mass is 10.1. The van der Waals surface area contributed by atoms with Crippen LogP contribution in [-0.4, -0.2) is 37.5 Å². The van der Waals surface area contributed by atoms with E-state index in [4.69, 9.17) is 14.2 Å². The minimum atomic E-state index is -0.672. The Hall–Kier alpha value is -2.64. The molecule has 0 aliphatic rings. The maximum absolute atomic E-state index is 10.9. The average molecular weight is 297 g/mol. The summed E-state index contributed by atoms with van der Waals surface area (Å²) in [6.45, 7) is 1.67. The second-order valence-corrected chi connectivity index (χ2v) is 3.98. The maximum Gasteiger partial charge on any atom is 0.302 e. The molecule has 0 atom stereocenters. The number of hydrogen-bond donors (Lipinski definition) is 0. The van der Waals surface area contributed by atoms with Gasteiger partial charge in [0.1, 0.15) is 0 Å². The third kappa shape index (κ3) is 4.75. The minimum Gasteiger partial charge on any atom is -0.493 e. The molecule has 0 aliphatic heterocycles. The largest absolute Gasteiger partial charge is 0.493 e. The van der Waals surface area contributed by atoms with Gasteiger partial charge in [-0.3, -0.25) is 19.7 Å². The van der Waals surface area contributed by atoms with Crippen LogP contribution in [0.3, 0.4) is 0 Å². The molecule has 0 amide bonds. The fourth-order valence-electron chi connectivity index (χ4n) is 1.55. The van der Waals surface area contributed by atoms with Crippen LogP contribution < -0.4 is 9.47 Å². The van der Waals surface area contributed by atoms with Crippen molar-refractivity contribution in [2.24, 2.45) is 0 Å². The Morgan fingerprint density at radius 1 is 1.33 bits per heavy atom. The van der Waals surface area contributed by atoms with E-state index >= 15 is 0 Å². The predicted molar refractivity (Wildman–Crippen MR) is 71.8 cm³/mol. The molecule has 1 aromatic carbocycles. The number of aldehydes is 1. The first-order chi connectivity index (χ1) is 9.99. The SMILES string of the molecule is COc1cc(C=O)c([N+](=O)[O-])cc1OCCCOC(C)=O. The number of carbonyl (C=O) groups excluding carboxylic acids is 2. The number of nitro benzene ring substituents is 1. The highest BCUT2D eigenvalue weighted by molar-refractivity contribution is 5.83. The summed E-state index contributed by atoms with van der Waals surface area (Å²) in [6.07, 6.45) is 0.803. The fourth-order valence-corrected chi connectivity index (χ4v) is 1.55. The highest BCUT2D eigenvalue weighted by atomic mass is 16.6. The van der Waals surface area contributed by atoms with Crippen LogP contribution in [0.4, 0.5) is 5.69 Å². The maximum atomic E-state index is 10.9. The van der Waals surface area contributed by atoms with Crippen LogP contribution in [0.5, 0.6) is 11.5 Å². The summed E-state index contributed by atoms with van der Waals surface area (Å²) in [7, 11) is 1.36. The Kier molecular flexibility index (Phi) is 6.12. The Labute approximate surface area is 120 Å². The fraction of sp³-hybridized carbons (Fsp3) is 0.385. The lowest BCUT2D eigenvalue weighted by Gasteiger charge is -2.11. The van der Waals surface area contributed by atoms with E-state index in [1.54, 1.807) is 0 Å². The first-order valence-corrected chi connectivity index (χ1v) is 6.07. The van der Waals surface area contributed by atoms with Crippen LogP contribution in [0, 0.1) is 10.1 Å². The van der Waals surface area contributed by atoms with Crippen molar-refractivity contribution in [3.8, 4) is 11.5 Å². The van der Waals surface area contributed by atoms with Crippen molar-refractivity contribution in [2.45, 2.75) is 13.3 Å². The van der Waals surface area contributed by atoms with Gasteiger partial charge < -0.3 is 14.2 Å². The van der Waals surface area contributed by atoms with E-state index in [-0.39, 0.29) is 36.0 Å². The molecule has 21 heavy (non-hydrogen) atoms. The van der Waals surface area contributed by atoms with Gasteiger partial charge in [-0.1, -0.05) is 0 Å². The molecule has 1 aromatic rings. The summed E-state index contributed by atoms with van der Waals surface area (Å²) in [4.78, 5) is 31.6. The van der Waals surface area contributed by atoms with Crippen molar-refractivity contribution in [1.29, 1.82) is 0 Å². The van der Waals surface area contributed by atoms with Gasteiger partial charge in [0.15, 0.2) is 17.8 Å². The molecule has 8 nitrogen and oxygen atoms in total. The molecule has 114 valence electrons. The monoisotopic (exact) mass is 297 g/mol. The van der Waals surface area contributed by atoms with Gasteiger partial charge in [0, 0.05) is 19.4 Å². The molecule has 0 spiro atoms. The third-order valence-corrected chi connectivity index (χ3v) is 2.49. The van der Waals surface area contributed by atoms with Gasteiger partial charge in [-0.2, -0.15) is 0 Å². The first kappa shape index (κ1) is 16.4. The van der Waals surface area contributed by atoms with E-state index in [0.717, 1.165) is 6.07 Å². The van der Waals surface area contributed by atoms with E-state index < -0.39 is 10.9 Å². The standard InChI is InChI=1S/C13H15NO7/c1-9(16)20-4-3-5-21-13-7-11(14(17)18)10(8-15)6-12(13)19-2/h6-8H,3-5H2,1-2H3. The van der Waals surface area contributed by atoms with Crippen LogP contribution in [0.1, 0.15) is 23.7 Å². The van der Waals surface area contributed by atoms with Crippen LogP contribution >= 0.6 is 0 Å². The molecule has 0 bridgehead atoms. The van der Waals surface area contributed by atoms with Crippen LogP contribution in [0.2, 0.25) is 0 Å². The van der Waals surface area contributed by atoms with Crippen molar-refractivity contribution < 1.29 is 28.7 Å². The topological polar surface area (TPSA) is 105 Å². The summed E-state index contributed by atoms with van der Waals surface area (Å²) in [6, 6.07) is 2.38. The molecule has 1 rings (SSSR count). The second-order valence-electron chi connectivity index (χ2n) is 3.98. The van der Waals surface area contributed by atoms with Crippen LogP contribution in [0.25, 0.3) is 0 Å². The summed E-state index contributed by atoms with van der Waals surface area (Å²) in [5.41, 5.74) is -0.454. The Morgan fingerprint density at radius 3 is 2.57 bits per heavy atom. The predicted octanol–water partition coefficient (Wildman–Crippen LogP) is 1.75. The van der Waals surface area contributed by atoms with Gasteiger partial charge >= 0.3 is 5.97 Å². The number of nitro groups is 1. The number of rotatable bonds is 8. The van der Waals surface area contributed by atoms with Crippen molar-refractivity contribution in [1.82, 2.24) is 0 Å². The molecule has 0 aromatic heterocycles. The molecule has 0 fully saturated rings. The molecular weight excluding hydrogens is 282 g/mol. The molecule has 0 saturated carbocycles. The first-order valence-electron chi connectivity index (χ1n) is 6.07. The normalized spacial score (nSPS) is 9.81. The van der Waals surface area contributed by atoms with Crippen LogP contribution in [-0.2, 0) is 9.53 Å². The summed E-state index contributed by atoms with van der Waals surface area (Å²) in [5.74, 6) is -0.0219. The Balaban J connectivity index is 2.80. The molecule has 0 saturated heterocycles. The van der Waals surface area contributed by atoms with Gasteiger partial charge in [-0.25, -0.2) is 0 Å². The molecular formula is C13H15NO7. The highest BCUT2D eigenvalue weighted by Gasteiger charge is 2.19. The van der Waals surface area contributed by atoms with Gasteiger partial charge in [0.05, 0.1) is 36.9 Å². The van der Waals surface area contributed by atoms with E-state index in [0.29, 0.717) is 12.7 Å². The smallest absolute Gasteiger partial charge is 0.302 e. The Morgan fingerprint density at radius 2 is 2.05 bits per heavy atom. The van der Waals surface area contributed by atoms with Crippen molar-refractivity contribution in [3.63, 3.8) is 0 Å². The number of methoxy groups -OCH3 is 1. The van der Waals surface area contributed by atoms with Crippen LogP contribution in [0.15, 0.2) is 12.1 Å². The number of benzene rings is 1. The third-order valence-electron chi connectivity index (χ3n) is 2.49. The van der Waals surface area contributed by atoms with E-state index in [1.165, 1.54) is 20.1 Å². The number of ether oxygens (including phenoxy) is 3. The molecule has 0 N–H and O–H groups in total. The summed E-state index contributed by atoms with van der Waals surface area (Å²) < 4.78 is 15.1. The molecule has 8 heteroatoms. The lowest BCUT2D eigenvalue weighted by Crippen LogP contribution is -2.07.